The van der Waals surface area contributed by atoms with E-state index >= 15 is 0 Å². The van der Waals surface area contributed by atoms with Crippen molar-refractivity contribution in [2.45, 2.75) is 18.9 Å². The fraction of sp³-hybridized carbons (Fsp3) is 0.300. The summed E-state index contributed by atoms with van der Waals surface area (Å²) in [5, 5.41) is 10.2. The van der Waals surface area contributed by atoms with Crippen LogP contribution in [0.5, 0.6) is 0 Å². The van der Waals surface area contributed by atoms with Crippen molar-refractivity contribution in [1.82, 2.24) is 0 Å². The molecule has 3 nitrogen and oxygen atoms in total. The second kappa shape index (κ2) is 7.01. The molecule has 70 valence electrons. The minimum Gasteiger partial charge on any atom is -0.550 e. The van der Waals surface area contributed by atoms with Gasteiger partial charge in [0.15, 0.2) is 0 Å². The summed E-state index contributed by atoms with van der Waals surface area (Å²) in [7, 11) is 0. The molecule has 4 heteroatoms. The van der Waals surface area contributed by atoms with Crippen molar-refractivity contribution in [2.75, 3.05) is 0 Å². The molecule has 2 N–H and O–H groups in total. The van der Waals surface area contributed by atoms with Crippen LogP contribution in [0.1, 0.15) is 24.4 Å². The van der Waals surface area contributed by atoms with Gasteiger partial charge in [0.1, 0.15) is 0 Å². The number of carboxylic acid groups (broad SMARTS) is 1. The molecule has 0 saturated carbocycles. The van der Waals surface area contributed by atoms with Gasteiger partial charge in [-0.05, 0) is 18.4 Å². The molecule has 1 atom stereocenters. The van der Waals surface area contributed by atoms with Crippen LogP contribution >= 0.6 is 0 Å². The normalized spacial score (nSPS) is 11.5. The summed E-state index contributed by atoms with van der Waals surface area (Å²) in [6.45, 7) is 0. The van der Waals surface area contributed by atoms with Gasteiger partial charge in [0, 0.05) is 12.0 Å². The number of hydrogen-bond donors (Lipinski definition) is 1. The first kappa shape index (κ1) is 13.7. The smallest absolute Gasteiger partial charge is 0.550 e. The third-order valence-electron chi connectivity index (χ3n) is 1.89. The van der Waals surface area contributed by atoms with Crippen molar-refractivity contribution in [3.8, 4) is 0 Å². The Morgan fingerprint density at radius 2 is 1.93 bits per heavy atom. The van der Waals surface area contributed by atoms with E-state index in [0.29, 0.717) is 6.42 Å². The van der Waals surface area contributed by atoms with E-state index in [-0.39, 0.29) is 42.0 Å². The summed E-state index contributed by atoms with van der Waals surface area (Å²) < 4.78 is 0. The molecule has 14 heavy (non-hydrogen) atoms. The summed E-state index contributed by atoms with van der Waals surface area (Å²) >= 11 is 0. The molecule has 0 fully saturated rings. The summed E-state index contributed by atoms with van der Waals surface area (Å²) in [4.78, 5) is 10.2. The first-order valence-electron chi connectivity index (χ1n) is 4.20. The van der Waals surface area contributed by atoms with Crippen molar-refractivity contribution >= 4 is 5.97 Å². The summed E-state index contributed by atoms with van der Waals surface area (Å²) in [6, 6.07) is 9.23. The molecule has 0 aliphatic carbocycles. The average Bonchev–Trinajstić information content (AvgIpc) is 2.15. The van der Waals surface area contributed by atoms with E-state index in [1.54, 1.807) is 0 Å². The fourth-order valence-electron chi connectivity index (χ4n) is 1.14. The molecule has 0 radical (unpaired) electrons. The number of carboxylic acids is 1. The fourth-order valence-corrected chi connectivity index (χ4v) is 1.14. The van der Waals surface area contributed by atoms with Crippen molar-refractivity contribution in [1.29, 1.82) is 0 Å². The van der Waals surface area contributed by atoms with Crippen LogP contribution in [-0.4, -0.2) is 5.97 Å². The minimum atomic E-state index is -1.05. The second-order valence-corrected chi connectivity index (χ2v) is 2.93. The van der Waals surface area contributed by atoms with E-state index in [9.17, 15) is 9.90 Å². The summed E-state index contributed by atoms with van der Waals surface area (Å²) in [6.07, 6.45) is 0.433. The molecule has 1 aromatic rings. The molecule has 0 unspecified atom stereocenters. The van der Waals surface area contributed by atoms with Gasteiger partial charge in [-0.2, -0.15) is 0 Å². The van der Waals surface area contributed by atoms with E-state index in [2.05, 4.69) is 0 Å². The Morgan fingerprint density at radius 3 is 2.43 bits per heavy atom. The van der Waals surface area contributed by atoms with Crippen molar-refractivity contribution in [3.05, 3.63) is 35.9 Å². The molecule has 0 aliphatic heterocycles. The quantitative estimate of drug-likeness (QED) is 0.536. The SMILES string of the molecule is N[C@@H](CCC(=O)[O-])c1ccccc1.[Na+]. The van der Waals surface area contributed by atoms with Crippen LogP contribution in [-0.2, 0) is 4.79 Å². The molecule has 0 spiro atoms. The maximum absolute atomic E-state index is 10.2. The Balaban J connectivity index is 0.00000169. The predicted molar refractivity (Wildman–Crippen MR) is 47.6 cm³/mol. The summed E-state index contributed by atoms with van der Waals surface area (Å²) in [5.41, 5.74) is 6.71. The van der Waals surface area contributed by atoms with Gasteiger partial charge in [-0.1, -0.05) is 30.3 Å². The van der Waals surface area contributed by atoms with Gasteiger partial charge in [0.2, 0.25) is 0 Å². The molecule has 0 aliphatic rings. The van der Waals surface area contributed by atoms with Crippen molar-refractivity contribution in [3.63, 3.8) is 0 Å². The number of carbonyl (C=O) groups is 1. The molecule has 1 aromatic carbocycles. The van der Waals surface area contributed by atoms with Gasteiger partial charge in [-0.3, -0.25) is 0 Å². The topological polar surface area (TPSA) is 66.2 Å². The number of rotatable bonds is 4. The maximum atomic E-state index is 10.2. The third-order valence-corrected chi connectivity index (χ3v) is 1.89. The van der Waals surface area contributed by atoms with Gasteiger partial charge in [0.25, 0.3) is 0 Å². The van der Waals surface area contributed by atoms with Crippen LogP contribution in [0.3, 0.4) is 0 Å². The van der Waals surface area contributed by atoms with E-state index < -0.39 is 5.97 Å². The van der Waals surface area contributed by atoms with E-state index in [1.807, 2.05) is 30.3 Å². The minimum absolute atomic E-state index is 0. The molecule has 0 amide bonds. The maximum Gasteiger partial charge on any atom is 1.00 e. The summed E-state index contributed by atoms with van der Waals surface area (Å²) in [5.74, 6) is -1.05. The zero-order valence-corrected chi connectivity index (χ0v) is 10.3. The van der Waals surface area contributed by atoms with Crippen LogP contribution in [0.25, 0.3) is 0 Å². The van der Waals surface area contributed by atoms with Crippen molar-refractivity contribution < 1.29 is 39.5 Å². The third kappa shape index (κ3) is 4.77. The standard InChI is InChI=1S/C10H13NO2.Na/c11-9(6-7-10(12)13)8-4-2-1-3-5-8;/h1-5,9H,6-7,11H2,(H,12,13);/q;+1/p-1/t9-;/m0./s1. The Hall–Kier alpha value is -0.350. The van der Waals surface area contributed by atoms with Crippen LogP contribution in [0.15, 0.2) is 30.3 Å². The average molecular weight is 201 g/mol. The van der Waals surface area contributed by atoms with E-state index in [4.69, 9.17) is 5.73 Å². The van der Waals surface area contributed by atoms with E-state index in [1.165, 1.54) is 0 Å². The van der Waals surface area contributed by atoms with Gasteiger partial charge in [-0.15, -0.1) is 0 Å². The molecular weight excluding hydrogens is 189 g/mol. The first-order chi connectivity index (χ1) is 6.20. The number of carbonyl (C=O) groups excluding carboxylic acids is 1. The number of benzene rings is 1. The molecule has 0 aromatic heterocycles. The van der Waals surface area contributed by atoms with Crippen LogP contribution in [0.4, 0.5) is 0 Å². The van der Waals surface area contributed by atoms with Crippen molar-refractivity contribution in [2.24, 2.45) is 5.73 Å². The van der Waals surface area contributed by atoms with Gasteiger partial charge < -0.3 is 15.6 Å². The Labute approximate surface area is 106 Å². The van der Waals surface area contributed by atoms with Crippen LogP contribution < -0.4 is 40.4 Å². The number of aliphatic carboxylic acids is 1. The van der Waals surface area contributed by atoms with E-state index in [0.717, 1.165) is 5.56 Å². The molecule has 0 bridgehead atoms. The molecular formula is C10H12NNaO2. The largest absolute Gasteiger partial charge is 1.00 e. The zero-order valence-electron chi connectivity index (χ0n) is 8.27. The Bertz CT molecular complexity index is 277. The van der Waals surface area contributed by atoms with Gasteiger partial charge in [0.05, 0.1) is 0 Å². The Kier molecular flexibility index (Phi) is 6.83. The molecule has 0 saturated heterocycles. The molecule has 0 heterocycles. The molecule has 1 rings (SSSR count). The predicted octanol–water partition coefficient (Wildman–Crippen LogP) is -2.78. The number of nitrogens with two attached hydrogens (primary N) is 1. The van der Waals surface area contributed by atoms with Gasteiger partial charge in [-0.25, -0.2) is 0 Å². The van der Waals surface area contributed by atoms with Gasteiger partial charge >= 0.3 is 29.6 Å². The Morgan fingerprint density at radius 1 is 1.36 bits per heavy atom. The second-order valence-electron chi connectivity index (χ2n) is 2.93. The number of hydrogen-bond acceptors (Lipinski definition) is 3. The zero-order chi connectivity index (χ0) is 9.68. The first-order valence-corrected chi connectivity index (χ1v) is 4.20. The van der Waals surface area contributed by atoms with Crippen LogP contribution in [0, 0.1) is 0 Å². The monoisotopic (exact) mass is 201 g/mol. The van der Waals surface area contributed by atoms with Crippen LogP contribution in [0.2, 0.25) is 0 Å².